The molecule has 4 bridgehead atoms. The van der Waals surface area contributed by atoms with Crippen LogP contribution in [-0.2, 0) is 35.9 Å². The normalized spacial score (nSPS) is 14.6. The summed E-state index contributed by atoms with van der Waals surface area (Å²) in [6.07, 6.45) is 0. The molecule has 0 spiro atoms. The highest BCUT2D eigenvalue weighted by atomic mass is 16.5. The monoisotopic (exact) mass is 300 g/mol. The fourth-order valence-electron chi connectivity index (χ4n) is 2.60. The third-order valence-corrected chi connectivity index (χ3v) is 3.60. The zero-order valence-corrected chi connectivity index (χ0v) is 12.9. The van der Waals surface area contributed by atoms with Crippen molar-refractivity contribution in [2.75, 3.05) is 14.2 Å². The van der Waals surface area contributed by atoms with Crippen LogP contribution in [-0.4, -0.2) is 14.2 Å². The molecule has 1 aliphatic rings. The van der Waals surface area contributed by atoms with Crippen molar-refractivity contribution in [1.29, 1.82) is 0 Å². The minimum absolute atomic E-state index is 0.538. The first kappa shape index (κ1) is 14.9. The molecule has 1 aliphatic heterocycles. The second kappa shape index (κ2) is 6.81. The first-order valence-corrected chi connectivity index (χ1v) is 7.26. The summed E-state index contributed by atoms with van der Waals surface area (Å²) < 4.78 is 22.3. The minimum atomic E-state index is 0.538. The molecule has 0 fully saturated rings. The molecule has 0 aliphatic carbocycles. The maximum Gasteiger partial charge on any atom is 0.119 e. The second-order valence-corrected chi connectivity index (χ2v) is 5.36. The Morgan fingerprint density at radius 3 is 1.18 bits per heavy atom. The van der Waals surface area contributed by atoms with Gasteiger partial charge < -0.3 is 18.9 Å². The van der Waals surface area contributed by atoms with Gasteiger partial charge in [0.05, 0.1) is 40.6 Å². The van der Waals surface area contributed by atoms with Crippen LogP contribution in [0.5, 0.6) is 11.5 Å². The first-order chi connectivity index (χ1) is 10.8. The summed E-state index contributed by atoms with van der Waals surface area (Å²) in [5, 5.41) is 0. The van der Waals surface area contributed by atoms with Crippen LogP contribution in [0.1, 0.15) is 22.3 Å². The van der Waals surface area contributed by atoms with Crippen molar-refractivity contribution in [3.63, 3.8) is 0 Å². The Hall–Kier alpha value is -2.04. The molecule has 2 aromatic rings. The highest BCUT2D eigenvalue weighted by Gasteiger charge is 2.07. The third kappa shape index (κ3) is 3.59. The lowest BCUT2D eigenvalue weighted by molar-refractivity contribution is 0.0987. The summed E-state index contributed by atoms with van der Waals surface area (Å²) in [5.41, 5.74) is 4.34. The third-order valence-electron chi connectivity index (χ3n) is 3.60. The average Bonchev–Trinajstić information content (AvgIpc) is 2.53. The van der Waals surface area contributed by atoms with E-state index in [0.29, 0.717) is 26.4 Å². The standard InChI is InChI=1S/C18H20O4/c1-19-17-5-13-3-14(6-17)10-22-12-16-4-15(11-21-9-13)7-18(8-16)20-2/h3-8H,9-12H2,1-2H3. The molecule has 0 unspecified atom stereocenters. The molecule has 0 aromatic heterocycles. The quantitative estimate of drug-likeness (QED) is 0.851. The second-order valence-electron chi connectivity index (χ2n) is 5.36. The van der Waals surface area contributed by atoms with Gasteiger partial charge in [0.15, 0.2) is 0 Å². The fraction of sp³-hybridized carbons (Fsp3) is 0.333. The SMILES string of the molecule is COc1cc2cc(c1)COCc1cc(cc(OC)c1)COC2. The van der Waals surface area contributed by atoms with Crippen LogP contribution < -0.4 is 9.47 Å². The largest absolute Gasteiger partial charge is 0.497 e. The maximum atomic E-state index is 5.83. The van der Waals surface area contributed by atoms with Crippen molar-refractivity contribution in [2.24, 2.45) is 0 Å². The Labute approximate surface area is 130 Å². The number of hydrogen-bond acceptors (Lipinski definition) is 4. The van der Waals surface area contributed by atoms with Gasteiger partial charge in [0.25, 0.3) is 0 Å². The molecule has 116 valence electrons. The van der Waals surface area contributed by atoms with E-state index in [1.807, 2.05) is 24.3 Å². The van der Waals surface area contributed by atoms with Crippen molar-refractivity contribution >= 4 is 0 Å². The molecular weight excluding hydrogens is 280 g/mol. The van der Waals surface area contributed by atoms with E-state index in [1.165, 1.54) is 0 Å². The smallest absolute Gasteiger partial charge is 0.119 e. The number of ether oxygens (including phenoxy) is 4. The molecule has 0 atom stereocenters. The van der Waals surface area contributed by atoms with Gasteiger partial charge in [0.2, 0.25) is 0 Å². The first-order valence-electron chi connectivity index (χ1n) is 7.26. The summed E-state index contributed by atoms with van der Waals surface area (Å²) in [7, 11) is 3.34. The van der Waals surface area contributed by atoms with Crippen LogP contribution >= 0.6 is 0 Å². The molecule has 2 aromatic carbocycles. The van der Waals surface area contributed by atoms with E-state index in [-0.39, 0.29) is 0 Å². The highest BCUT2D eigenvalue weighted by molar-refractivity contribution is 5.35. The number of hydrogen-bond donors (Lipinski definition) is 0. The molecule has 3 rings (SSSR count). The predicted octanol–water partition coefficient (Wildman–Crippen LogP) is 3.45. The van der Waals surface area contributed by atoms with E-state index in [0.717, 1.165) is 33.8 Å². The Balaban J connectivity index is 1.86. The predicted molar refractivity (Wildman–Crippen MR) is 83.0 cm³/mol. The van der Waals surface area contributed by atoms with E-state index >= 15 is 0 Å². The molecule has 0 saturated carbocycles. The lowest BCUT2D eigenvalue weighted by Gasteiger charge is -2.14. The van der Waals surface area contributed by atoms with Gasteiger partial charge in [0.1, 0.15) is 11.5 Å². The average molecular weight is 300 g/mol. The summed E-state index contributed by atoms with van der Waals surface area (Å²) >= 11 is 0. The van der Waals surface area contributed by atoms with Gasteiger partial charge in [-0.15, -0.1) is 0 Å². The van der Waals surface area contributed by atoms with Crippen molar-refractivity contribution in [3.05, 3.63) is 58.7 Å². The van der Waals surface area contributed by atoms with Crippen LogP contribution in [0.3, 0.4) is 0 Å². The van der Waals surface area contributed by atoms with E-state index in [2.05, 4.69) is 12.1 Å². The Kier molecular flexibility index (Phi) is 4.61. The fourth-order valence-corrected chi connectivity index (χ4v) is 2.60. The van der Waals surface area contributed by atoms with Gasteiger partial charge in [-0.2, -0.15) is 0 Å². The molecule has 0 radical (unpaired) electrons. The van der Waals surface area contributed by atoms with Crippen molar-refractivity contribution in [1.82, 2.24) is 0 Å². The molecular formula is C18H20O4. The van der Waals surface area contributed by atoms with Gasteiger partial charge in [0, 0.05) is 0 Å². The molecule has 4 nitrogen and oxygen atoms in total. The zero-order valence-electron chi connectivity index (χ0n) is 12.9. The molecule has 1 heterocycles. The number of benzene rings is 2. The van der Waals surface area contributed by atoms with Crippen LogP contribution in [0.4, 0.5) is 0 Å². The molecule has 22 heavy (non-hydrogen) atoms. The zero-order chi connectivity index (χ0) is 15.4. The summed E-state index contributed by atoms with van der Waals surface area (Å²) in [6.45, 7) is 2.15. The summed E-state index contributed by atoms with van der Waals surface area (Å²) in [5.74, 6) is 1.66. The summed E-state index contributed by atoms with van der Waals surface area (Å²) in [4.78, 5) is 0. The van der Waals surface area contributed by atoms with Gasteiger partial charge in [-0.05, 0) is 46.5 Å². The maximum absolute atomic E-state index is 5.83. The highest BCUT2D eigenvalue weighted by Crippen LogP contribution is 2.23. The van der Waals surface area contributed by atoms with Crippen LogP contribution in [0.15, 0.2) is 36.4 Å². The van der Waals surface area contributed by atoms with Crippen molar-refractivity contribution in [2.45, 2.75) is 26.4 Å². The van der Waals surface area contributed by atoms with Crippen LogP contribution in [0, 0.1) is 0 Å². The van der Waals surface area contributed by atoms with E-state index < -0.39 is 0 Å². The van der Waals surface area contributed by atoms with Gasteiger partial charge in [-0.25, -0.2) is 0 Å². The van der Waals surface area contributed by atoms with E-state index in [9.17, 15) is 0 Å². The Bertz CT molecular complexity index is 550. The topological polar surface area (TPSA) is 36.9 Å². The van der Waals surface area contributed by atoms with E-state index in [1.54, 1.807) is 14.2 Å². The molecule has 0 N–H and O–H groups in total. The van der Waals surface area contributed by atoms with Crippen molar-refractivity contribution < 1.29 is 18.9 Å². The van der Waals surface area contributed by atoms with Gasteiger partial charge in [-0.1, -0.05) is 12.1 Å². The lowest BCUT2D eigenvalue weighted by Crippen LogP contribution is -2.02. The molecule has 4 heteroatoms. The Morgan fingerprint density at radius 2 is 0.909 bits per heavy atom. The lowest BCUT2D eigenvalue weighted by atomic mass is 10.1. The number of fused-ring (bicyclic) bond motifs is 4. The Morgan fingerprint density at radius 1 is 0.591 bits per heavy atom. The van der Waals surface area contributed by atoms with Gasteiger partial charge >= 0.3 is 0 Å². The molecule has 0 amide bonds. The van der Waals surface area contributed by atoms with Crippen LogP contribution in [0.2, 0.25) is 0 Å². The van der Waals surface area contributed by atoms with E-state index in [4.69, 9.17) is 18.9 Å². The van der Waals surface area contributed by atoms with Gasteiger partial charge in [-0.3, -0.25) is 0 Å². The van der Waals surface area contributed by atoms with Crippen LogP contribution in [0.25, 0.3) is 0 Å². The minimum Gasteiger partial charge on any atom is -0.497 e. The summed E-state index contributed by atoms with van der Waals surface area (Å²) in [6, 6.07) is 12.2. The number of rotatable bonds is 2. The molecule has 0 saturated heterocycles. The van der Waals surface area contributed by atoms with Crippen molar-refractivity contribution in [3.8, 4) is 11.5 Å². The number of methoxy groups -OCH3 is 2.